The molecule has 2 saturated carbocycles. The summed E-state index contributed by atoms with van der Waals surface area (Å²) in [7, 11) is 0. The van der Waals surface area contributed by atoms with Crippen molar-refractivity contribution in [3.8, 4) is 0 Å². The monoisotopic (exact) mass is 398 g/mol. The highest BCUT2D eigenvalue weighted by Gasteiger charge is 2.40. The second-order valence-electron chi connectivity index (χ2n) is 8.19. The molecule has 26 heavy (non-hydrogen) atoms. The molecular weight excluding hydrogens is 368 g/mol. The number of aromatic carboxylic acids is 1. The molecule has 0 saturated heterocycles. The summed E-state index contributed by atoms with van der Waals surface area (Å²) in [5.41, 5.74) is 0. The van der Waals surface area contributed by atoms with Gasteiger partial charge >= 0.3 is 5.97 Å². The maximum absolute atomic E-state index is 11.0. The van der Waals surface area contributed by atoms with Crippen LogP contribution in [-0.4, -0.2) is 27.7 Å². The first-order valence-corrected chi connectivity index (χ1v) is 11.4. The highest BCUT2D eigenvalue weighted by atomic mass is 35.5. The first-order valence-electron chi connectivity index (χ1n) is 10.2. The normalized spacial score (nSPS) is 29.9. The van der Waals surface area contributed by atoms with Gasteiger partial charge in [0.15, 0.2) is 0 Å². The number of aryl methyl sites for hydroxylation is 1. The zero-order valence-electron chi connectivity index (χ0n) is 15.4. The predicted molar refractivity (Wildman–Crippen MR) is 107 cm³/mol. The summed E-state index contributed by atoms with van der Waals surface area (Å²) in [5.74, 6) is 0.752. The smallest absolute Gasteiger partial charge is 0.345 e. The van der Waals surface area contributed by atoms with E-state index in [9.17, 15) is 9.90 Å². The van der Waals surface area contributed by atoms with E-state index in [1.165, 1.54) is 49.9 Å². The molecule has 1 heterocycles. The van der Waals surface area contributed by atoms with Gasteiger partial charge in [-0.05, 0) is 62.0 Å². The first kappa shape index (κ1) is 20.2. The minimum Gasteiger partial charge on any atom is -0.477 e. The third-order valence-electron chi connectivity index (χ3n) is 6.44. The van der Waals surface area contributed by atoms with Crippen LogP contribution < -0.4 is 0 Å². The van der Waals surface area contributed by atoms with Gasteiger partial charge in [-0.3, -0.25) is 0 Å². The molecule has 146 valence electrons. The number of thiophene rings is 1. The quantitative estimate of drug-likeness (QED) is 0.549. The van der Waals surface area contributed by atoms with Crippen molar-refractivity contribution < 1.29 is 15.0 Å². The van der Waals surface area contributed by atoms with Crippen LogP contribution in [0.3, 0.4) is 0 Å². The van der Waals surface area contributed by atoms with Gasteiger partial charge in [0.05, 0.1) is 6.10 Å². The number of carboxylic acid groups (broad SMARTS) is 1. The summed E-state index contributed by atoms with van der Waals surface area (Å²) in [6, 6.07) is 3.62. The van der Waals surface area contributed by atoms with E-state index in [4.69, 9.17) is 16.7 Å². The Hall–Kier alpha value is -0.580. The number of carbonyl (C=O) groups is 1. The molecule has 2 N–H and O–H groups in total. The molecule has 0 aromatic carbocycles. The highest BCUT2D eigenvalue weighted by Crippen LogP contribution is 2.43. The fourth-order valence-corrected chi connectivity index (χ4v) is 6.36. The Kier molecular flexibility index (Phi) is 7.42. The van der Waals surface area contributed by atoms with Gasteiger partial charge in [0, 0.05) is 10.3 Å². The van der Waals surface area contributed by atoms with E-state index in [-0.39, 0.29) is 11.5 Å². The van der Waals surface area contributed by atoms with Crippen molar-refractivity contribution in [3.05, 3.63) is 21.9 Å². The molecule has 0 radical (unpaired) electrons. The van der Waals surface area contributed by atoms with E-state index in [2.05, 4.69) is 0 Å². The third-order valence-corrected chi connectivity index (χ3v) is 8.08. The third kappa shape index (κ3) is 5.24. The summed E-state index contributed by atoms with van der Waals surface area (Å²) >= 11 is 7.95. The molecule has 2 fully saturated rings. The van der Waals surface area contributed by atoms with Crippen molar-refractivity contribution >= 4 is 28.9 Å². The van der Waals surface area contributed by atoms with E-state index in [1.807, 2.05) is 6.07 Å². The summed E-state index contributed by atoms with van der Waals surface area (Å²) in [6.07, 6.45) is 12.7. The fraction of sp³-hybridized carbons (Fsp3) is 0.762. The maximum atomic E-state index is 11.0. The standard InChI is InChI=1S/C21H31ClO3S/c22-18-13-19(23)17(11-9-14-5-2-1-3-6-14)16(18)8-4-7-15-10-12-20(26-15)21(24)25/h10,12,14,16-19,23H,1-9,11,13H2,(H,24,25)/t16?,17-,18?,19-/m1/s1. The molecule has 2 aliphatic carbocycles. The Bertz CT molecular complexity index is 582. The molecule has 2 aliphatic rings. The van der Waals surface area contributed by atoms with Crippen molar-refractivity contribution in [1.82, 2.24) is 0 Å². The number of aliphatic hydroxyl groups excluding tert-OH is 1. The van der Waals surface area contributed by atoms with Crippen LogP contribution in [0.15, 0.2) is 12.1 Å². The van der Waals surface area contributed by atoms with Crippen molar-refractivity contribution in [2.45, 2.75) is 82.1 Å². The summed E-state index contributed by atoms with van der Waals surface area (Å²) < 4.78 is 0. The van der Waals surface area contributed by atoms with Crippen LogP contribution in [0.2, 0.25) is 0 Å². The zero-order valence-corrected chi connectivity index (χ0v) is 17.0. The average Bonchev–Trinajstić information content (AvgIpc) is 3.19. The number of aliphatic hydroxyl groups is 1. The lowest BCUT2D eigenvalue weighted by atomic mass is 9.80. The fourth-order valence-electron chi connectivity index (χ4n) is 4.98. The molecule has 0 amide bonds. The zero-order chi connectivity index (χ0) is 18.5. The van der Waals surface area contributed by atoms with E-state index < -0.39 is 5.97 Å². The number of hydrogen-bond acceptors (Lipinski definition) is 3. The van der Waals surface area contributed by atoms with Crippen LogP contribution >= 0.6 is 22.9 Å². The molecule has 4 atom stereocenters. The largest absolute Gasteiger partial charge is 0.477 e. The van der Waals surface area contributed by atoms with Gasteiger partial charge in [-0.1, -0.05) is 38.5 Å². The molecule has 3 rings (SSSR count). The van der Waals surface area contributed by atoms with Crippen LogP contribution in [0.25, 0.3) is 0 Å². The summed E-state index contributed by atoms with van der Waals surface area (Å²) in [4.78, 5) is 12.5. The lowest BCUT2D eigenvalue weighted by Gasteiger charge is -2.27. The van der Waals surface area contributed by atoms with Crippen LogP contribution in [0.1, 0.15) is 78.8 Å². The number of rotatable bonds is 8. The van der Waals surface area contributed by atoms with Crippen LogP contribution in [0, 0.1) is 17.8 Å². The minimum absolute atomic E-state index is 0.0827. The van der Waals surface area contributed by atoms with Crippen LogP contribution in [0.4, 0.5) is 0 Å². The molecular formula is C21H31ClO3S. The number of carboxylic acids is 1. The van der Waals surface area contributed by atoms with E-state index in [0.717, 1.165) is 42.9 Å². The van der Waals surface area contributed by atoms with Gasteiger partial charge < -0.3 is 10.2 Å². The van der Waals surface area contributed by atoms with E-state index in [0.29, 0.717) is 16.7 Å². The SMILES string of the molecule is O=C(O)c1ccc(CCCC2C(Cl)C[C@@H](O)[C@@H]2CCC2CCCCC2)s1. The number of halogens is 1. The van der Waals surface area contributed by atoms with Gasteiger partial charge in [-0.15, -0.1) is 22.9 Å². The lowest BCUT2D eigenvalue weighted by Crippen LogP contribution is -2.22. The summed E-state index contributed by atoms with van der Waals surface area (Å²) in [6.45, 7) is 0. The Morgan fingerprint density at radius 3 is 2.58 bits per heavy atom. The minimum atomic E-state index is -0.844. The second-order valence-corrected chi connectivity index (χ2v) is 9.92. The topological polar surface area (TPSA) is 57.5 Å². The summed E-state index contributed by atoms with van der Waals surface area (Å²) in [5, 5.41) is 19.6. The molecule has 1 aromatic rings. The highest BCUT2D eigenvalue weighted by molar-refractivity contribution is 7.13. The maximum Gasteiger partial charge on any atom is 0.345 e. The first-order chi connectivity index (χ1) is 12.5. The molecule has 5 heteroatoms. The molecule has 1 aromatic heterocycles. The van der Waals surface area contributed by atoms with Gasteiger partial charge in [-0.25, -0.2) is 4.79 Å². The van der Waals surface area contributed by atoms with Crippen molar-refractivity contribution in [2.24, 2.45) is 17.8 Å². The Morgan fingerprint density at radius 1 is 1.12 bits per heavy atom. The molecule has 2 unspecified atom stereocenters. The van der Waals surface area contributed by atoms with Gasteiger partial charge in [0.2, 0.25) is 0 Å². The Morgan fingerprint density at radius 2 is 1.88 bits per heavy atom. The van der Waals surface area contributed by atoms with Crippen molar-refractivity contribution in [2.75, 3.05) is 0 Å². The Labute approximate surface area is 165 Å². The molecule has 0 bridgehead atoms. The predicted octanol–water partition coefficient (Wildman–Crippen LogP) is 5.73. The molecule has 0 aliphatic heterocycles. The van der Waals surface area contributed by atoms with Crippen LogP contribution in [-0.2, 0) is 6.42 Å². The van der Waals surface area contributed by atoms with Crippen molar-refractivity contribution in [1.29, 1.82) is 0 Å². The van der Waals surface area contributed by atoms with Crippen molar-refractivity contribution in [3.63, 3.8) is 0 Å². The number of hydrogen-bond donors (Lipinski definition) is 2. The van der Waals surface area contributed by atoms with E-state index in [1.54, 1.807) is 6.07 Å². The number of alkyl halides is 1. The van der Waals surface area contributed by atoms with E-state index >= 15 is 0 Å². The molecule has 3 nitrogen and oxygen atoms in total. The van der Waals surface area contributed by atoms with Crippen LogP contribution in [0.5, 0.6) is 0 Å². The van der Waals surface area contributed by atoms with Gasteiger partial charge in [0.1, 0.15) is 4.88 Å². The molecule has 0 spiro atoms. The second kappa shape index (κ2) is 9.57. The average molecular weight is 399 g/mol. The van der Waals surface area contributed by atoms with Gasteiger partial charge in [-0.2, -0.15) is 0 Å². The van der Waals surface area contributed by atoms with Gasteiger partial charge in [0.25, 0.3) is 0 Å². The lowest BCUT2D eigenvalue weighted by molar-refractivity contribution is 0.0702. The Balaban J connectivity index is 1.48.